The molecule has 2 heterocycles. The van der Waals surface area contributed by atoms with Gasteiger partial charge >= 0.3 is 6.29 Å². The van der Waals surface area contributed by atoms with E-state index in [1.807, 2.05) is 0 Å². The maximum atomic E-state index is 13.2. The molecule has 0 spiro atoms. The third-order valence-electron chi connectivity index (χ3n) is 3.91. The smallest absolute Gasteiger partial charge is 0.395 e. The Hall–Kier alpha value is -1.45. The summed E-state index contributed by atoms with van der Waals surface area (Å²) < 4.78 is 60.1. The summed E-state index contributed by atoms with van der Waals surface area (Å²) in [4.78, 5) is 2.09. The van der Waals surface area contributed by atoms with Gasteiger partial charge < -0.3 is 9.47 Å². The van der Waals surface area contributed by atoms with E-state index in [9.17, 15) is 17.2 Å². The standard InChI is InChI=1S/C14H18F2N2O4S/c1-23(19,20)17-7-10-5-6-18(8-10)9-11-3-2-4-12-13(11)22-14(15,16)21-12/h2-4,10,17H,5-9H2,1H3/t10-/m1/s1. The van der Waals surface area contributed by atoms with Crippen molar-refractivity contribution in [2.75, 3.05) is 25.9 Å². The number of nitrogens with one attached hydrogen (secondary N) is 1. The number of para-hydroxylation sites is 1. The van der Waals surface area contributed by atoms with E-state index in [2.05, 4.69) is 19.1 Å². The molecule has 1 fully saturated rings. The van der Waals surface area contributed by atoms with Crippen LogP contribution in [-0.4, -0.2) is 45.5 Å². The van der Waals surface area contributed by atoms with Gasteiger partial charge in [-0.3, -0.25) is 4.90 Å². The van der Waals surface area contributed by atoms with Crippen molar-refractivity contribution in [2.45, 2.75) is 19.3 Å². The lowest BCUT2D eigenvalue weighted by molar-refractivity contribution is -0.287. The van der Waals surface area contributed by atoms with Crippen molar-refractivity contribution in [3.8, 4) is 11.5 Å². The van der Waals surface area contributed by atoms with E-state index in [4.69, 9.17) is 0 Å². The van der Waals surface area contributed by atoms with E-state index >= 15 is 0 Å². The minimum atomic E-state index is -3.62. The number of alkyl halides is 2. The Morgan fingerprint density at radius 1 is 1.39 bits per heavy atom. The Bertz CT molecular complexity index is 696. The molecule has 6 nitrogen and oxygen atoms in total. The van der Waals surface area contributed by atoms with Crippen LogP contribution in [0.5, 0.6) is 11.5 Å². The molecule has 3 rings (SSSR count). The zero-order chi connectivity index (χ0) is 16.7. The van der Waals surface area contributed by atoms with Gasteiger partial charge in [0, 0.05) is 25.2 Å². The number of halogens is 2. The van der Waals surface area contributed by atoms with Crippen molar-refractivity contribution < 1.29 is 26.7 Å². The van der Waals surface area contributed by atoms with E-state index in [0.29, 0.717) is 25.2 Å². The summed E-state index contributed by atoms with van der Waals surface area (Å²) in [7, 11) is -3.20. The fourth-order valence-corrected chi connectivity index (χ4v) is 3.42. The summed E-state index contributed by atoms with van der Waals surface area (Å²) in [6.07, 6.45) is -1.64. The number of nitrogens with zero attached hydrogens (tertiary/aromatic N) is 1. The topological polar surface area (TPSA) is 67.9 Å². The second-order valence-electron chi connectivity index (χ2n) is 5.92. The molecular formula is C14H18F2N2O4S. The van der Waals surface area contributed by atoms with E-state index in [1.165, 1.54) is 6.07 Å². The van der Waals surface area contributed by atoms with E-state index in [1.54, 1.807) is 12.1 Å². The van der Waals surface area contributed by atoms with E-state index < -0.39 is 16.3 Å². The first-order valence-electron chi connectivity index (χ1n) is 7.26. The van der Waals surface area contributed by atoms with Gasteiger partial charge in [0.15, 0.2) is 11.5 Å². The van der Waals surface area contributed by atoms with Gasteiger partial charge in [0.05, 0.1) is 6.26 Å². The number of sulfonamides is 1. The van der Waals surface area contributed by atoms with Crippen LogP contribution < -0.4 is 14.2 Å². The van der Waals surface area contributed by atoms with Crippen molar-refractivity contribution >= 4 is 10.0 Å². The van der Waals surface area contributed by atoms with Gasteiger partial charge in [0.1, 0.15) is 0 Å². The molecule has 9 heteroatoms. The lowest BCUT2D eigenvalue weighted by atomic mass is 10.1. The highest BCUT2D eigenvalue weighted by molar-refractivity contribution is 7.88. The fourth-order valence-electron chi connectivity index (χ4n) is 2.88. The molecule has 1 N–H and O–H groups in total. The SMILES string of the molecule is CS(=O)(=O)NC[C@H]1CCN(Cc2cccc3c2OC(F)(F)O3)C1. The minimum absolute atomic E-state index is 0.0435. The van der Waals surface area contributed by atoms with Gasteiger partial charge in [-0.15, -0.1) is 8.78 Å². The van der Waals surface area contributed by atoms with Crippen LogP contribution in [0.3, 0.4) is 0 Å². The number of benzene rings is 1. The number of likely N-dealkylation sites (tertiary alicyclic amines) is 1. The first kappa shape index (κ1) is 16.4. The zero-order valence-electron chi connectivity index (χ0n) is 12.6. The molecule has 0 unspecified atom stereocenters. The minimum Gasteiger partial charge on any atom is -0.395 e. The molecule has 0 radical (unpaired) electrons. The second kappa shape index (κ2) is 5.88. The Morgan fingerprint density at radius 3 is 2.91 bits per heavy atom. The van der Waals surface area contributed by atoms with Crippen molar-refractivity contribution in [3.63, 3.8) is 0 Å². The maximum absolute atomic E-state index is 13.2. The molecule has 0 saturated carbocycles. The van der Waals surface area contributed by atoms with Gasteiger partial charge in [-0.05, 0) is 24.9 Å². The van der Waals surface area contributed by atoms with Crippen LogP contribution in [0.4, 0.5) is 8.78 Å². The largest absolute Gasteiger partial charge is 0.586 e. The van der Waals surface area contributed by atoms with Gasteiger partial charge in [-0.25, -0.2) is 13.1 Å². The molecular weight excluding hydrogens is 330 g/mol. The highest BCUT2D eigenvalue weighted by atomic mass is 32.2. The van der Waals surface area contributed by atoms with E-state index in [-0.39, 0.29) is 17.4 Å². The van der Waals surface area contributed by atoms with Crippen LogP contribution in [-0.2, 0) is 16.6 Å². The molecule has 0 bridgehead atoms. The molecule has 1 atom stereocenters. The molecule has 1 aromatic carbocycles. The molecule has 23 heavy (non-hydrogen) atoms. The lowest BCUT2D eigenvalue weighted by Gasteiger charge is -2.17. The molecule has 1 aromatic rings. The Labute approximate surface area is 133 Å². The van der Waals surface area contributed by atoms with Gasteiger partial charge in [0.25, 0.3) is 0 Å². The molecule has 1 saturated heterocycles. The van der Waals surface area contributed by atoms with Gasteiger partial charge in [-0.2, -0.15) is 0 Å². The molecule has 2 aliphatic rings. The Kier molecular flexibility index (Phi) is 4.19. The van der Waals surface area contributed by atoms with Crippen molar-refractivity contribution in [3.05, 3.63) is 23.8 Å². The van der Waals surface area contributed by atoms with Crippen LogP contribution in [0.25, 0.3) is 0 Å². The third-order valence-corrected chi connectivity index (χ3v) is 4.60. The highest BCUT2D eigenvalue weighted by Gasteiger charge is 2.44. The van der Waals surface area contributed by atoms with Crippen LogP contribution in [0.1, 0.15) is 12.0 Å². The summed E-state index contributed by atoms with van der Waals surface area (Å²) in [5, 5.41) is 0. The maximum Gasteiger partial charge on any atom is 0.586 e. The van der Waals surface area contributed by atoms with Crippen LogP contribution >= 0.6 is 0 Å². The summed E-state index contributed by atoms with van der Waals surface area (Å²) in [5.41, 5.74) is 0.636. The predicted octanol–water partition coefficient (Wildman–Crippen LogP) is 1.38. The Morgan fingerprint density at radius 2 is 2.17 bits per heavy atom. The number of fused-ring (bicyclic) bond motifs is 1. The monoisotopic (exact) mass is 348 g/mol. The number of hydrogen-bond acceptors (Lipinski definition) is 5. The number of rotatable bonds is 5. The second-order valence-corrected chi connectivity index (χ2v) is 7.76. The van der Waals surface area contributed by atoms with Crippen LogP contribution in [0.15, 0.2) is 18.2 Å². The summed E-state index contributed by atoms with van der Waals surface area (Å²) in [6.45, 7) is 2.32. The van der Waals surface area contributed by atoms with E-state index in [0.717, 1.165) is 19.2 Å². The zero-order valence-corrected chi connectivity index (χ0v) is 13.4. The lowest BCUT2D eigenvalue weighted by Crippen LogP contribution is -2.30. The predicted molar refractivity (Wildman–Crippen MR) is 78.9 cm³/mol. The summed E-state index contributed by atoms with van der Waals surface area (Å²) in [5.74, 6) is 0.331. The Balaban J connectivity index is 1.61. The van der Waals surface area contributed by atoms with Crippen molar-refractivity contribution in [1.29, 1.82) is 0 Å². The number of hydrogen-bond donors (Lipinski definition) is 1. The molecule has 0 aliphatic carbocycles. The molecule has 128 valence electrons. The van der Waals surface area contributed by atoms with Gasteiger partial charge in [0.2, 0.25) is 10.0 Å². The number of ether oxygens (including phenoxy) is 2. The van der Waals surface area contributed by atoms with Crippen LogP contribution in [0.2, 0.25) is 0 Å². The highest BCUT2D eigenvalue weighted by Crippen LogP contribution is 2.43. The van der Waals surface area contributed by atoms with Gasteiger partial charge in [-0.1, -0.05) is 12.1 Å². The summed E-state index contributed by atoms with van der Waals surface area (Å²) >= 11 is 0. The normalized spacial score (nSPS) is 23.3. The fraction of sp³-hybridized carbons (Fsp3) is 0.571. The summed E-state index contributed by atoms with van der Waals surface area (Å²) in [6, 6.07) is 4.83. The molecule has 0 amide bonds. The van der Waals surface area contributed by atoms with Crippen LogP contribution in [0, 0.1) is 5.92 Å². The van der Waals surface area contributed by atoms with Crippen molar-refractivity contribution in [2.24, 2.45) is 5.92 Å². The first-order valence-corrected chi connectivity index (χ1v) is 9.16. The average Bonchev–Trinajstić information content (AvgIpc) is 2.99. The molecule has 2 aliphatic heterocycles. The third kappa shape index (κ3) is 4.10. The quantitative estimate of drug-likeness (QED) is 0.871. The first-order chi connectivity index (χ1) is 10.7. The molecule has 0 aromatic heterocycles. The van der Waals surface area contributed by atoms with Crippen molar-refractivity contribution in [1.82, 2.24) is 9.62 Å². The average molecular weight is 348 g/mol.